The van der Waals surface area contributed by atoms with Crippen LogP contribution in [0, 0.1) is 0 Å². The second kappa shape index (κ2) is 11.4. The number of nitrogens with one attached hydrogen (secondary N) is 3. The molecular weight excluding hydrogens is 402 g/mol. The lowest BCUT2D eigenvalue weighted by Crippen LogP contribution is -2.43. The van der Waals surface area contributed by atoms with Crippen molar-refractivity contribution in [3.05, 3.63) is 22.2 Å². The van der Waals surface area contributed by atoms with E-state index in [0.717, 1.165) is 23.1 Å². The smallest absolute Gasteiger partial charge is 0.258 e. The molecule has 1 amide bonds. The highest BCUT2D eigenvalue weighted by molar-refractivity contribution is 9.10. The van der Waals surface area contributed by atoms with Crippen LogP contribution in [-0.2, 0) is 11.3 Å². The second-order valence-corrected chi connectivity index (χ2v) is 7.69. The molecule has 1 rings (SSSR count). The maximum Gasteiger partial charge on any atom is 0.258 e. The minimum Gasteiger partial charge on any atom is -0.493 e. The molecule has 0 spiro atoms. The maximum absolute atomic E-state index is 11.9. The summed E-state index contributed by atoms with van der Waals surface area (Å²) < 4.78 is 11.9. The molecule has 0 aliphatic heterocycles. The lowest BCUT2D eigenvalue weighted by Gasteiger charge is -2.21. The molecule has 0 heterocycles. The number of halogens is 1. The van der Waals surface area contributed by atoms with Crippen LogP contribution >= 0.6 is 15.9 Å². The van der Waals surface area contributed by atoms with Crippen LogP contribution in [0.25, 0.3) is 0 Å². The second-order valence-electron chi connectivity index (χ2n) is 6.83. The summed E-state index contributed by atoms with van der Waals surface area (Å²) in [5.74, 6) is 0.903. The summed E-state index contributed by atoms with van der Waals surface area (Å²) in [5.41, 5.74) is 0.725. The molecule has 0 aliphatic carbocycles. The summed E-state index contributed by atoms with van der Waals surface area (Å²) in [6.07, 6.45) is 0. The van der Waals surface area contributed by atoms with Crippen molar-refractivity contribution in [1.82, 2.24) is 16.0 Å². The van der Waals surface area contributed by atoms with Gasteiger partial charge in [-0.2, -0.15) is 0 Å². The van der Waals surface area contributed by atoms with Gasteiger partial charge in [0.2, 0.25) is 0 Å². The number of amides is 1. The quantitative estimate of drug-likeness (QED) is 0.396. The van der Waals surface area contributed by atoms with E-state index in [4.69, 9.17) is 14.6 Å². The van der Waals surface area contributed by atoms with Crippen LogP contribution in [0.2, 0.25) is 0 Å². The summed E-state index contributed by atoms with van der Waals surface area (Å²) in [5, 5.41) is 18.0. The largest absolute Gasteiger partial charge is 0.493 e. The first-order chi connectivity index (χ1) is 12.3. The Balaban J connectivity index is 2.61. The van der Waals surface area contributed by atoms with E-state index < -0.39 is 0 Å². The molecule has 0 radical (unpaired) electrons. The lowest BCUT2D eigenvalue weighted by atomic mass is 10.1. The Morgan fingerprint density at radius 3 is 2.46 bits per heavy atom. The molecule has 0 bridgehead atoms. The van der Waals surface area contributed by atoms with E-state index in [1.807, 2.05) is 32.9 Å². The Hall–Kier alpha value is -1.35. The van der Waals surface area contributed by atoms with Gasteiger partial charge in [0.1, 0.15) is 0 Å². The number of hydrogen-bond donors (Lipinski definition) is 4. The molecule has 8 heteroatoms. The first kappa shape index (κ1) is 22.7. The first-order valence-corrected chi connectivity index (χ1v) is 9.38. The predicted octanol–water partition coefficient (Wildman–Crippen LogP) is 1.42. The van der Waals surface area contributed by atoms with Crippen molar-refractivity contribution in [2.45, 2.75) is 32.9 Å². The molecule has 4 N–H and O–H groups in total. The third kappa shape index (κ3) is 8.84. The van der Waals surface area contributed by atoms with Crippen LogP contribution in [0.1, 0.15) is 26.3 Å². The van der Waals surface area contributed by atoms with Gasteiger partial charge in [0.15, 0.2) is 18.1 Å². The van der Waals surface area contributed by atoms with Crippen LogP contribution in [0.5, 0.6) is 11.5 Å². The Kier molecular flexibility index (Phi) is 9.93. The minimum atomic E-state index is -0.299. The Morgan fingerprint density at radius 2 is 1.85 bits per heavy atom. The van der Waals surface area contributed by atoms with E-state index in [0.29, 0.717) is 24.6 Å². The molecule has 0 saturated carbocycles. The van der Waals surface area contributed by atoms with E-state index in [-0.39, 0.29) is 24.7 Å². The van der Waals surface area contributed by atoms with Crippen molar-refractivity contribution < 1.29 is 19.4 Å². The summed E-state index contributed by atoms with van der Waals surface area (Å²) in [6.45, 7) is 8.62. The number of benzene rings is 1. The van der Waals surface area contributed by atoms with E-state index in [1.54, 1.807) is 7.11 Å². The van der Waals surface area contributed by atoms with Gasteiger partial charge in [0, 0.05) is 36.2 Å². The molecule has 0 fully saturated rings. The summed E-state index contributed by atoms with van der Waals surface area (Å²) in [7, 11) is 1.57. The molecular formula is C18H30BrN3O4. The lowest BCUT2D eigenvalue weighted by molar-refractivity contribution is -0.124. The molecule has 0 aliphatic rings. The SMILES string of the molecule is COc1cc(CNCCNCCO)c(Br)cc1OCC(=O)NC(C)(C)C. The third-order valence-corrected chi connectivity index (χ3v) is 4.03. The van der Waals surface area contributed by atoms with Crippen molar-refractivity contribution in [1.29, 1.82) is 0 Å². The van der Waals surface area contributed by atoms with E-state index in [2.05, 4.69) is 31.9 Å². The summed E-state index contributed by atoms with van der Waals surface area (Å²) >= 11 is 3.54. The zero-order valence-electron chi connectivity index (χ0n) is 15.9. The van der Waals surface area contributed by atoms with Gasteiger partial charge in [-0.15, -0.1) is 0 Å². The van der Waals surface area contributed by atoms with E-state index in [9.17, 15) is 4.79 Å². The highest BCUT2D eigenvalue weighted by Gasteiger charge is 2.16. The molecule has 1 aromatic carbocycles. The van der Waals surface area contributed by atoms with Crippen LogP contribution in [0.15, 0.2) is 16.6 Å². The van der Waals surface area contributed by atoms with Gasteiger partial charge in [0.25, 0.3) is 5.91 Å². The van der Waals surface area contributed by atoms with Crippen LogP contribution < -0.4 is 25.4 Å². The molecule has 148 valence electrons. The highest BCUT2D eigenvalue weighted by atomic mass is 79.9. The first-order valence-electron chi connectivity index (χ1n) is 8.59. The normalized spacial score (nSPS) is 11.3. The Morgan fingerprint density at radius 1 is 1.15 bits per heavy atom. The van der Waals surface area contributed by atoms with Crippen LogP contribution in [0.3, 0.4) is 0 Å². The maximum atomic E-state index is 11.9. The Labute approximate surface area is 164 Å². The monoisotopic (exact) mass is 431 g/mol. The molecule has 1 aromatic rings. The van der Waals surface area contributed by atoms with Crippen LogP contribution in [-0.4, -0.2) is 56.5 Å². The number of rotatable bonds is 11. The standard InChI is InChI=1S/C18H30BrN3O4/c1-18(2,3)22-17(24)12-26-16-10-14(19)13(9-15(16)25-4)11-21-6-5-20-7-8-23/h9-10,20-21,23H,5-8,11-12H2,1-4H3,(H,22,24). The van der Waals surface area contributed by atoms with Gasteiger partial charge in [0.05, 0.1) is 13.7 Å². The van der Waals surface area contributed by atoms with Gasteiger partial charge in [-0.25, -0.2) is 0 Å². The van der Waals surface area contributed by atoms with E-state index >= 15 is 0 Å². The molecule has 0 atom stereocenters. The number of carbonyl (C=O) groups is 1. The number of methoxy groups -OCH3 is 1. The van der Waals surface area contributed by atoms with Gasteiger partial charge < -0.3 is 30.5 Å². The van der Waals surface area contributed by atoms with Crippen molar-refractivity contribution in [3.63, 3.8) is 0 Å². The molecule has 7 nitrogen and oxygen atoms in total. The third-order valence-electron chi connectivity index (χ3n) is 3.29. The molecule has 26 heavy (non-hydrogen) atoms. The highest BCUT2D eigenvalue weighted by Crippen LogP contribution is 2.33. The van der Waals surface area contributed by atoms with Crippen molar-refractivity contribution >= 4 is 21.8 Å². The van der Waals surface area contributed by atoms with Gasteiger partial charge >= 0.3 is 0 Å². The van der Waals surface area contributed by atoms with E-state index in [1.165, 1.54) is 0 Å². The van der Waals surface area contributed by atoms with Crippen molar-refractivity contribution in [3.8, 4) is 11.5 Å². The topological polar surface area (TPSA) is 91.8 Å². The number of aliphatic hydroxyl groups is 1. The van der Waals surface area contributed by atoms with Crippen molar-refractivity contribution in [2.75, 3.05) is 40.0 Å². The minimum absolute atomic E-state index is 0.0752. The molecule has 0 aromatic heterocycles. The zero-order valence-corrected chi connectivity index (χ0v) is 17.5. The summed E-state index contributed by atoms with van der Waals surface area (Å²) in [6, 6.07) is 3.69. The number of ether oxygens (including phenoxy) is 2. The molecule has 0 unspecified atom stereocenters. The zero-order chi connectivity index (χ0) is 19.6. The Bertz CT molecular complexity index is 576. The average molecular weight is 432 g/mol. The average Bonchev–Trinajstić information content (AvgIpc) is 2.55. The fourth-order valence-corrected chi connectivity index (χ4v) is 2.65. The van der Waals surface area contributed by atoms with Crippen LogP contribution in [0.4, 0.5) is 0 Å². The van der Waals surface area contributed by atoms with Gasteiger partial charge in [-0.05, 0) is 38.5 Å². The fourth-order valence-electron chi connectivity index (χ4n) is 2.19. The summed E-state index contributed by atoms with van der Waals surface area (Å²) in [4.78, 5) is 11.9. The van der Waals surface area contributed by atoms with Gasteiger partial charge in [-0.1, -0.05) is 15.9 Å². The predicted molar refractivity (Wildman–Crippen MR) is 106 cm³/mol. The number of hydrogen-bond acceptors (Lipinski definition) is 6. The van der Waals surface area contributed by atoms with Crippen molar-refractivity contribution in [2.24, 2.45) is 0 Å². The molecule has 0 saturated heterocycles. The number of aliphatic hydroxyl groups excluding tert-OH is 1. The number of carbonyl (C=O) groups excluding carboxylic acids is 1. The van der Waals surface area contributed by atoms with Gasteiger partial charge in [-0.3, -0.25) is 4.79 Å². The fraction of sp³-hybridized carbons (Fsp3) is 0.611.